The molecule has 0 bridgehead atoms. The topological polar surface area (TPSA) is 57.3 Å². The molecule has 2 aromatic rings. The van der Waals surface area contributed by atoms with Crippen molar-refractivity contribution in [1.82, 2.24) is 9.80 Å². The second-order valence-corrected chi connectivity index (χ2v) is 7.78. The zero-order valence-electron chi connectivity index (χ0n) is 17.6. The van der Waals surface area contributed by atoms with Crippen LogP contribution in [0.2, 0.25) is 0 Å². The monoisotopic (exact) mass is 450 g/mol. The molecular formula is C22H25F3N4O3. The molecule has 2 saturated heterocycles. The molecule has 2 aliphatic rings. The Morgan fingerprint density at radius 1 is 0.938 bits per heavy atom. The summed E-state index contributed by atoms with van der Waals surface area (Å²) in [6.45, 7) is 4.55. The zero-order valence-corrected chi connectivity index (χ0v) is 17.6. The minimum absolute atomic E-state index is 0.119. The summed E-state index contributed by atoms with van der Waals surface area (Å²) in [4.78, 5) is 18.7. The van der Waals surface area contributed by atoms with Crippen molar-refractivity contribution >= 4 is 17.4 Å². The summed E-state index contributed by atoms with van der Waals surface area (Å²) < 4.78 is 45.9. The van der Waals surface area contributed by atoms with E-state index in [9.17, 15) is 18.0 Å². The Balaban J connectivity index is 1.20. The number of ether oxygens (including phenoxy) is 2. The van der Waals surface area contributed by atoms with Crippen LogP contribution < -0.4 is 19.7 Å². The number of halogens is 3. The Labute approximate surface area is 184 Å². The van der Waals surface area contributed by atoms with Crippen molar-refractivity contribution in [2.24, 2.45) is 0 Å². The van der Waals surface area contributed by atoms with Gasteiger partial charge in [0.05, 0.1) is 7.11 Å². The van der Waals surface area contributed by atoms with Gasteiger partial charge < -0.3 is 24.6 Å². The largest absolute Gasteiger partial charge is 0.573 e. The molecule has 2 aromatic carbocycles. The Morgan fingerprint density at radius 3 is 2.09 bits per heavy atom. The molecule has 7 nitrogen and oxygen atoms in total. The number of anilines is 2. The molecule has 0 unspecified atom stereocenters. The first-order valence-electron chi connectivity index (χ1n) is 10.4. The Morgan fingerprint density at radius 2 is 1.53 bits per heavy atom. The van der Waals surface area contributed by atoms with Crippen LogP contribution in [0.5, 0.6) is 11.5 Å². The van der Waals surface area contributed by atoms with Crippen molar-refractivity contribution in [3.8, 4) is 11.5 Å². The third-order valence-corrected chi connectivity index (χ3v) is 5.76. The van der Waals surface area contributed by atoms with Gasteiger partial charge in [-0.15, -0.1) is 13.2 Å². The number of carbonyl (C=O) groups is 1. The molecule has 0 aliphatic carbocycles. The van der Waals surface area contributed by atoms with Gasteiger partial charge in [-0.3, -0.25) is 4.90 Å². The van der Waals surface area contributed by atoms with Gasteiger partial charge >= 0.3 is 12.4 Å². The van der Waals surface area contributed by atoms with Gasteiger partial charge in [-0.1, -0.05) is 0 Å². The van der Waals surface area contributed by atoms with E-state index in [0.717, 1.165) is 43.3 Å². The summed E-state index contributed by atoms with van der Waals surface area (Å²) in [6, 6.07) is 13.4. The van der Waals surface area contributed by atoms with Gasteiger partial charge in [0.25, 0.3) is 0 Å². The normalized spacial score (nSPS) is 17.6. The molecule has 0 radical (unpaired) electrons. The SMILES string of the molecule is COc1ccc(NC(=O)N2CC(N3CCN(c4ccc(OC(F)(F)F)cc4)CC3)C2)cc1. The quantitative estimate of drug-likeness (QED) is 0.754. The van der Waals surface area contributed by atoms with Gasteiger partial charge in [0, 0.05) is 56.7 Å². The Kier molecular flexibility index (Phi) is 6.31. The van der Waals surface area contributed by atoms with Gasteiger partial charge in [0.2, 0.25) is 0 Å². The summed E-state index contributed by atoms with van der Waals surface area (Å²) in [6.07, 6.45) is -4.69. The van der Waals surface area contributed by atoms with Crippen LogP contribution in [-0.4, -0.2) is 74.6 Å². The lowest BCUT2D eigenvalue weighted by Crippen LogP contribution is -2.64. The molecule has 2 aliphatic heterocycles. The first-order valence-corrected chi connectivity index (χ1v) is 10.4. The predicted molar refractivity (Wildman–Crippen MR) is 114 cm³/mol. The van der Waals surface area contributed by atoms with Crippen molar-refractivity contribution in [2.45, 2.75) is 12.4 Å². The lowest BCUT2D eigenvalue weighted by molar-refractivity contribution is -0.274. The number of piperazine rings is 1. The minimum Gasteiger partial charge on any atom is -0.497 e. The highest BCUT2D eigenvalue weighted by atomic mass is 19.4. The number of amides is 2. The molecule has 0 aromatic heterocycles. The molecule has 0 atom stereocenters. The number of hydrogen-bond acceptors (Lipinski definition) is 5. The summed E-state index contributed by atoms with van der Waals surface area (Å²) in [7, 11) is 1.59. The predicted octanol–water partition coefficient (Wildman–Crippen LogP) is 3.63. The fourth-order valence-electron chi connectivity index (χ4n) is 3.93. The fourth-order valence-corrected chi connectivity index (χ4v) is 3.93. The standard InChI is InChI=1S/C22H25F3N4O3/c1-31-19-6-2-16(3-7-19)26-21(30)29-14-18(15-29)28-12-10-27(11-13-28)17-4-8-20(9-5-17)32-22(23,24)25/h2-9,18H,10-15H2,1H3,(H,26,30). The average molecular weight is 450 g/mol. The summed E-state index contributed by atoms with van der Waals surface area (Å²) in [5, 5.41) is 2.89. The number of benzene rings is 2. The molecular weight excluding hydrogens is 425 g/mol. The summed E-state index contributed by atoms with van der Waals surface area (Å²) in [5.41, 5.74) is 1.59. The van der Waals surface area contributed by atoms with Crippen molar-refractivity contribution < 1.29 is 27.4 Å². The Hall–Kier alpha value is -3.14. The van der Waals surface area contributed by atoms with Crippen LogP contribution in [0.4, 0.5) is 29.3 Å². The van der Waals surface area contributed by atoms with Crippen LogP contribution in [0.15, 0.2) is 48.5 Å². The van der Waals surface area contributed by atoms with Crippen LogP contribution >= 0.6 is 0 Å². The maximum absolute atomic E-state index is 12.4. The lowest BCUT2D eigenvalue weighted by Gasteiger charge is -2.48. The lowest BCUT2D eigenvalue weighted by atomic mass is 10.1. The van der Waals surface area contributed by atoms with E-state index in [-0.39, 0.29) is 11.8 Å². The molecule has 172 valence electrons. The molecule has 10 heteroatoms. The van der Waals surface area contributed by atoms with Crippen molar-refractivity contribution in [3.63, 3.8) is 0 Å². The van der Waals surface area contributed by atoms with Crippen molar-refractivity contribution in [2.75, 3.05) is 56.6 Å². The number of likely N-dealkylation sites (tertiary alicyclic amines) is 1. The molecule has 2 heterocycles. The van der Waals surface area contributed by atoms with E-state index in [2.05, 4.69) is 19.9 Å². The first kappa shape index (κ1) is 22.1. The number of alkyl halides is 3. The van der Waals surface area contributed by atoms with Crippen molar-refractivity contribution in [1.29, 1.82) is 0 Å². The number of hydrogen-bond donors (Lipinski definition) is 1. The smallest absolute Gasteiger partial charge is 0.497 e. The van der Waals surface area contributed by atoms with E-state index in [0.29, 0.717) is 19.1 Å². The van der Waals surface area contributed by atoms with Gasteiger partial charge in [0.15, 0.2) is 0 Å². The number of carbonyl (C=O) groups excluding carboxylic acids is 1. The number of methoxy groups -OCH3 is 1. The van der Waals surface area contributed by atoms with Gasteiger partial charge in [-0.05, 0) is 48.5 Å². The van der Waals surface area contributed by atoms with Crippen LogP contribution in [0.3, 0.4) is 0 Å². The maximum Gasteiger partial charge on any atom is 0.573 e. The van der Waals surface area contributed by atoms with E-state index in [1.807, 2.05) is 0 Å². The molecule has 2 fully saturated rings. The minimum atomic E-state index is -4.69. The number of nitrogens with zero attached hydrogens (tertiary/aromatic N) is 3. The molecule has 1 N–H and O–H groups in total. The van der Waals surface area contributed by atoms with E-state index in [1.54, 1.807) is 48.4 Å². The summed E-state index contributed by atoms with van der Waals surface area (Å²) in [5.74, 6) is 0.513. The third kappa shape index (κ3) is 5.37. The summed E-state index contributed by atoms with van der Waals surface area (Å²) >= 11 is 0. The first-order chi connectivity index (χ1) is 15.3. The van der Waals surface area contributed by atoms with E-state index in [1.165, 1.54) is 12.1 Å². The average Bonchev–Trinajstić information content (AvgIpc) is 2.73. The molecule has 2 amide bonds. The second kappa shape index (κ2) is 9.15. The number of nitrogens with one attached hydrogen (secondary N) is 1. The number of urea groups is 1. The van der Waals surface area contributed by atoms with Gasteiger partial charge in [-0.25, -0.2) is 4.79 Å². The zero-order chi connectivity index (χ0) is 22.7. The van der Waals surface area contributed by atoms with Gasteiger partial charge in [-0.2, -0.15) is 0 Å². The van der Waals surface area contributed by atoms with E-state index >= 15 is 0 Å². The molecule has 0 spiro atoms. The highest BCUT2D eigenvalue weighted by Crippen LogP contribution is 2.27. The maximum atomic E-state index is 12.4. The fraction of sp³-hybridized carbons (Fsp3) is 0.409. The van der Waals surface area contributed by atoms with E-state index in [4.69, 9.17) is 4.74 Å². The van der Waals surface area contributed by atoms with E-state index < -0.39 is 6.36 Å². The molecule has 32 heavy (non-hydrogen) atoms. The molecule has 0 saturated carbocycles. The third-order valence-electron chi connectivity index (χ3n) is 5.76. The highest BCUT2D eigenvalue weighted by Gasteiger charge is 2.36. The van der Waals surface area contributed by atoms with Crippen LogP contribution in [0.1, 0.15) is 0 Å². The Bertz CT molecular complexity index is 908. The molecule has 4 rings (SSSR count). The number of rotatable bonds is 5. The second-order valence-electron chi connectivity index (χ2n) is 7.78. The van der Waals surface area contributed by atoms with Crippen LogP contribution in [0, 0.1) is 0 Å². The highest BCUT2D eigenvalue weighted by molar-refractivity contribution is 5.90. The van der Waals surface area contributed by atoms with Crippen LogP contribution in [0.25, 0.3) is 0 Å². The van der Waals surface area contributed by atoms with Crippen molar-refractivity contribution in [3.05, 3.63) is 48.5 Å². The van der Waals surface area contributed by atoms with Crippen LogP contribution in [-0.2, 0) is 0 Å². The van der Waals surface area contributed by atoms with Gasteiger partial charge in [0.1, 0.15) is 11.5 Å².